The Bertz CT molecular complexity index is 5290. The SMILES string of the molecule is COc1cc(Cl)c2[nH]c(C(=O)O)cc2c1.COc1cc(Cl)c2[nH]ccc2c1.COc1cc(Cl)c2c(c1)cc(C(=O)O)n2S(=O)(=O)c1ccc(C)cc1.COc1cc(Cl)c2c(ccn2S(=O)(=O)c2ccc(C)cc2)c1.COc1ccc([N+](=O)[O-])c(Cl)c1.Cc1ccc(S(=O)(=O)Cl)cc1.[Br-].[CH-]=C.[K+].[Mg+2].[OH-]. The van der Waals surface area contributed by atoms with Crippen LogP contribution in [0.25, 0.3) is 43.6 Å². The van der Waals surface area contributed by atoms with Gasteiger partial charge >= 0.3 is 86.4 Å². The molecule has 0 atom stereocenters. The average molecular weight is 1690 g/mol. The fraction of sp³-hybridized carbons (Fsp3) is 0.118. The minimum absolute atomic E-state index is 0. The van der Waals surface area contributed by atoms with Crippen LogP contribution in [0.4, 0.5) is 5.69 Å². The Morgan fingerprint density at radius 3 is 1.35 bits per heavy atom. The fourth-order valence-corrected chi connectivity index (χ4v) is 14.1. The van der Waals surface area contributed by atoms with Gasteiger partial charge in [0, 0.05) is 81.0 Å². The zero-order valence-electron chi connectivity index (χ0n) is 55.9. The number of H-pyrrole nitrogens is 2. The number of rotatable bonds is 13. The first-order valence-corrected chi connectivity index (χ1v) is 35.3. The first kappa shape index (κ1) is 92.5. The fourth-order valence-electron chi connectivity index (χ4n) is 8.98. The second-order valence-corrected chi connectivity index (χ2v) is 28.6. The molecule has 23 nitrogen and oxygen atoms in total. The Kier molecular flexibility index (Phi) is 37.2. The number of nitro benzene ring substituents is 1. The number of aromatic carboxylic acids is 2. The van der Waals surface area contributed by atoms with E-state index in [0.717, 1.165) is 42.7 Å². The maximum absolute atomic E-state index is 13.1. The van der Waals surface area contributed by atoms with Crippen LogP contribution in [0.2, 0.25) is 25.1 Å². The molecule has 0 amide bonds. The first-order chi connectivity index (χ1) is 46.7. The largest absolute Gasteiger partial charge is 2.00 e. The molecule has 8 aromatic carbocycles. The monoisotopic (exact) mass is 1680 g/mol. The number of ether oxygens (including phenoxy) is 5. The van der Waals surface area contributed by atoms with Crippen molar-refractivity contribution < 1.29 is 148 Å². The summed E-state index contributed by atoms with van der Waals surface area (Å²) < 4.78 is 100. The number of nitrogens with one attached hydrogen (secondary N) is 2. The third kappa shape index (κ3) is 23.7. The van der Waals surface area contributed by atoms with Crippen molar-refractivity contribution in [3.8, 4) is 28.7 Å². The third-order valence-electron chi connectivity index (χ3n) is 13.9. The van der Waals surface area contributed by atoms with Crippen LogP contribution >= 0.6 is 68.7 Å². The summed E-state index contributed by atoms with van der Waals surface area (Å²) in [6, 6.07) is 43.3. The standard InChI is InChI=1S/C17H14ClNO5S.C16H14ClNO3S.C10H8ClNO3.C9H8ClNO.C7H6ClNO3.C7H7ClO2S.C2H3.BrH.K.Mg.H2O/c1-10-3-5-13(6-4-10)25(22,23)19-15(17(20)21)8-11-7-12(24-2)9-14(18)16(11)19;1-11-3-5-14(6-4-11)22(19,20)18-8-7-12-9-13(21-2)10-15(17)16(12)18;1-15-6-2-5-3-8(10(13)14)12-9(5)7(11)4-6;1-12-7-4-6-2-3-11-9(6)8(10)5-7;1-12-5-2-3-7(9(10)11)6(8)4-5;1-6-2-4-7(5-3-6)11(8,9)10;1-2;;;;/h3-9H,1-2H3,(H,20,21);3-10H,1-2H3;2-4,12H,1H3,(H,13,14);2-5,11H,1H3;2-4H,1H3;2-5H,1H3;1H,2H2;1H;;;1H2/q;;;;;;-1;;+1;+2;/p-2. The van der Waals surface area contributed by atoms with Gasteiger partial charge in [-0.05, 0) is 112 Å². The number of methoxy groups -OCH3 is 5. The summed E-state index contributed by atoms with van der Waals surface area (Å²) in [6.45, 7) is 12.6. The van der Waals surface area contributed by atoms with Gasteiger partial charge in [-0.3, -0.25) is 16.7 Å². The Hall–Kier alpha value is -6.57. The van der Waals surface area contributed by atoms with Crippen LogP contribution in [0.15, 0.2) is 197 Å². The molecule has 5 N–H and O–H groups in total. The number of fused-ring (bicyclic) bond motifs is 4. The maximum atomic E-state index is 13.1. The van der Waals surface area contributed by atoms with Crippen LogP contribution in [0, 0.1) is 37.5 Å². The van der Waals surface area contributed by atoms with Crippen LogP contribution in [-0.4, -0.2) is 134 Å². The molecule has 4 aromatic heterocycles. The summed E-state index contributed by atoms with van der Waals surface area (Å²) in [6.07, 6.45) is 3.36. The molecule has 0 spiro atoms. The van der Waals surface area contributed by atoms with Crippen molar-refractivity contribution in [3.05, 3.63) is 253 Å². The molecule has 0 bridgehead atoms. The molecule has 4 heterocycles. The number of carboxylic acid groups (broad SMARTS) is 2. The minimum Gasteiger partial charge on any atom is -1.00 e. The van der Waals surface area contributed by atoms with E-state index in [9.17, 15) is 50.1 Å². The van der Waals surface area contributed by atoms with Crippen LogP contribution in [0.3, 0.4) is 0 Å². The van der Waals surface area contributed by atoms with Gasteiger partial charge in [0.15, 0.2) is 0 Å². The van der Waals surface area contributed by atoms with Crippen LogP contribution in [0.5, 0.6) is 28.7 Å². The zero-order valence-corrected chi connectivity index (χ0v) is 69.0. The molecule has 0 aliphatic carbocycles. The number of halogens is 7. The van der Waals surface area contributed by atoms with Crippen molar-refractivity contribution in [2.24, 2.45) is 0 Å². The quantitative estimate of drug-likeness (QED) is 0.0274. The van der Waals surface area contributed by atoms with Crippen molar-refractivity contribution in [3.63, 3.8) is 0 Å². The van der Waals surface area contributed by atoms with Gasteiger partial charge in [0.2, 0.25) is 0 Å². The van der Waals surface area contributed by atoms with Crippen molar-refractivity contribution >= 4 is 182 Å². The molecule has 0 aliphatic rings. The molecule has 12 rings (SSSR count). The summed E-state index contributed by atoms with van der Waals surface area (Å²) >= 11 is 30.0. The number of nitrogens with zero attached hydrogens (tertiary/aromatic N) is 3. The van der Waals surface area contributed by atoms with Gasteiger partial charge in [0.25, 0.3) is 34.8 Å². The topological polar surface area (TPSA) is 338 Å². The average Bonchev–Trinajstić information content (AvgIpc) is 1.65. The third-order valence-corrected chi connectivity index (χ3v) is 20.1. The van der Waals surface area contributed by atoms with E-state index in [-0.39, 0.29) is 139 Å². The summed E-state index contributed by atoms with van der Waals surface area (Å²) in [4.78, 5) is 38.2. The Balaban J connectivity index is 0.000000426. The van der Waals surface area contributed by atoms with Crippen LogP contribution < -0.4 is 92.1 Å². The van der Waals surface area contributed by atoms with Crippen molar-refractivity contribution in [1.82, 2.24) is 17.9 Å². The summed E-state index contributed by atoms with van der Waals surface area (Å²) in [7, 11) is 1.31. The van der Waals surface area contributed by atoms with Gasteiger partial charge in [0.05, 0.1) is 97.3 Å². The molecular formula is C68H61BrCl6KMgN5O18S3. The summed E-state index contributed by atoms with van der Waals surface area (Å²) in [5.41, 5.74) is 4.60. The zero-order chi connectivity index (χ0) is 73.4. The Morgan fingerprint density at radius 2 is 0.913 bits per heavy atom. The van der Waals surface area contributed by atoms with E-state index in [1.807, 2.05) is 39.1 Å². The second kappa shape index (κ2) is 41.4. The number of aromatic nitrogens is 4. The minimum atomic E-state index is -4.15. The number of carboxylic acids is 2. The first-order valence-electron chi connectivity index (χ1n) is 28.2. The molecule has 0 unspecified atom stereocenters. The Morgan fingerprint density at radius 1 is 0.505 bits per heavy atom. The maximum Gasteiger partial charge on any atom is 2.00 e. The molecule has 0 radical (unpaired) electrons. The van der Waals surface area contributed by atoms with E-state index in [1.54, 1.807) is 92.0 Å². The number of nitro groups is 1. The van der Waals surface area contributed by atoms with Crippen molar-refractivity contribution in [2.75, 3.05) is 35.5 Å². The number of hydrogen-bond donors (Lipinski definition) is 4. The predicted octanol–water partition coefficient (Wildman–Crippen LogP) is 11.0. The molecule has 103 heavy (non-hydrogen) atoms. The molecular weight excluding hydrogens is 1630 g/mol. The molecule has 0 saturated carbocycles. The molecule has 0 fully saturated rings. The summed E-state index contributed by atoms with van der Waals surface area (Å²) in [5, 5.41) is 33.1. The number of carbonyl (C=O) groups is 2. The number of aryl methyl sites for hydroxylation is 3. The van der Waals surface area contributed by atoms with Gasteiger partial charge in [-0.2, -0.15) is 0 Å². The van der Waals surface area contributed by atoms with Crippen molar-refractivity contribution in [1.29, 1.82) is 0 Å². The molecule has 0 aliphatic heterocycles. The molecule has 35 heteroatoms. The Labute approximate surface area is 691 Å². The van der Waals surface area contributed by atoms with E-state index in [2.05, 4.69) is 23.1 Å². The van der Waals surface area contributed by atoms with E-state index in [1.165, 1.54) is 105 Å². The van der Waals surface area contributed by atoms with E-state index in [4.69, 9.17) is 97.5 Å². The predicted molar refractivity (Wildman–Crippen MR) is 395 cm³/mol. The second-order valence-electron chi connectivity index (χ2n) is 20.4. The van der Waals surface area contributed by atoms with Crippen LogP contribution in [-0.2, 0) is 29.1 Å². The van der Waals surface area contributed by atoms with Gasteiger partial charge in [-0.1, -0.05) is 111 Å². The van der Waals surface area contributed by atoms with Gasteiger partial charge in [0.1, 0.15) is 45.2 Å². The number of aromatic amines is 2. The molecule has 0 saturated heterocycles. The van der Waals surface area contributed by atoms with E-state index < -0.39 is 51.7 Å². The number of hydrogen-bond acceptors (Lipinski definition) is 16. The summed E-state index contributed by atoms with van der Waals surface area (Å²) in [5.74, 6) is 0.492. The number of benzene rings is 8. The normalized spacial score (nSPS) is 10.5. The van der Waals surface area contributed by atoms with Gasteiger partial charge in [-0.15, -0.1) is 0 Å². The van der Waals surface area contributed by atoms with Gasteiger partial charge in [-0.25, -0.2) is 42.8 Å². The van der Waals surface area contributed by atoms with E-state index >= 15 is 0 Å². The molecule has 536 valence electrons. The smallest absolute Gasteiger partial charge is 1.00 e. The molecule has 12 aromatic rings. The van der Waals surface area contributed by atoms with E-state index in [0.29, 0.717) is 59.9 Å². The van der Waals surface area contributed by atoms with Crippen LogP contribution in [0.1, 0.15) is 37.7 Å². The van der Waals surface area contributed by atoms with Crippen molar-refractivity contribution in [2.45, 2.75) is 35.5 Å². The van der Waals surface area contributed by atoms with Gasteiger partial charge < -0.3 is 72.9 Å².